The lowest BCUT2D eigenvalue weighted by atomic mass is 10.1. The molecule has 0 unspecified atom stereocenters. The molecule has 1 amide bonds. The summed E-state index contributed by atoms with van der Waals surface area (Å²) in [6.45, 7) is 2.01. The van der Waals surface area contributed by atoms with Crippen LogP contribution in [0.15, 0.2) is 42.6 Å². The van der Waals surface area contributed by atoms with Gasteiger partial charge < -0.3 is 9.80 Å². The first kappa shape index (κ1) is 17.7. The second-order valence-corrected chi connectivity index (χ2v) is 5.87. The van der Waals surface area contributed by atoms with E-state index in [1.165, 1.54) is 18.3 Å². The highest BCUT2D eigenvalue weighted by Crippen LogP contribution is 2.29. The summed E-state index contributed by atoms with van der Waals surface area (Å²) in [7, 11) is 0. The number of pyridine rings is 1. The Balaban J connectivity index is 1.62. The van der Waals surface area contributed by atoms with Crippen LogP contribution >= 0.6 is 0 Å². The van der Waals surface area contributed by atoms with Crippen LogP contribution in [-0.2, 0) is 6.18 Å². The molecule has 0 bridgehead atoms. The van der Waals surface area contributed by atoms with Gasteiger partial charge >= 0.3 is 6.18 Å². The summed E-state index contributed by atoms with van der Waals surface area (Å²) in [5, 5.41) is 8.79. The molecule has 0 saturated carbocycles. The highest BCUT2D eigenvalue weighted by atomic mass is 19.4. The number of hydrogen-bond acceptors (Lipinski definition) is 4. The minimum absolute atomic E-state index is 0.239. The van der Waals surface area contributed by atoms with Gasteiger partial charge in [-0.2, -0.15) is 18.4 Å². The number of piperazine rings is 1. The van der Waals surface area contributed by atoms with Crippen LogP contribution in [0.1, 0.15) is 21.5 Å². The predicted molar refractivity (Wildman–Crippen MR) is 88.5 cm³/mol. The van der Waals surface area contributed by atoms with E-state index in [9.17, 15) is 18.0 Å². The normalized spacial score (nSPS) is 14.8. The Labute approximate surface area is 148 Å². The molecule has 5 nitrogen and oxygen atoms in total. The van der Waals surface area contributed by atoms with Crippen molar-refractivity contribution in [3.05, 3.63) is 59.3 Å². The molecule has 1 aliphatic heterocycles. The van der Waals surface area contributed by atoms with Crippen LogP contribution in [0.4, 0.5) is 19.0 Å². The quantitative estimate of drug-likeness (QED) is 0.826. The average molecular weight is 360 g/mol. The smallest absolute Gasteiger partial charge is 0.353 e. The van der Waals surface area contributed by atoms with Gasteiger partial charge in [-0.15, -0.1) is 0 Å². The Kier molecular flexibility index (Phi) is 4.80. The third kappa shape index (κ3) is 3.77. The Morgan fingerprint density at radius 3 is 2.19 bits per heavy atom. The highest BCUT2D eigenvalue weighted by Gasteiger charge is 2.30. The van der Waals surface area contributed by atoms with E-state index in [1.54, 1.807) is 17.0 Å². The molecule has 1 saturated heterocycles. The molecule has 2 heterocycles. The van der Waals surface area contributed by atoms with Crippen LogP contribution in [0.5, 0.6) is 0 Å². The van der Waals surface area contributed by atoms with E-state index < -0.39 is 11.7 Å². The Morgan fingerprint density at radius 1 is 1.04 bits per heavy atom. The molecule has 2 aromatic rings. The minimum atomic E-state index is -4.42. The summed E-state index contributed by atoms with van der Waals surface area (Å²) in [5.41, 5.74) is -0.0569. The third-order valence-corrected chi connectivity index (χ3v) is 4.23. The first-order valence-electron chi connectivity index (χ1n) is 7.96. The Morgan fingerprint density at radius 2 is 1.69 bits per heavy atom. The van der Waals surface area contributed by atoms with Gasteiger partial charge in [-0.25, -0.2) is 4.98 Å². The number of carbonyl (C=O) groups is 1. The van der Waals surface area contributed by atoms with Gasteiger partial charge in [-0.1, -0.05) is 0 Å². The summed E-state index contributed by atoms with van der Waals surface area (Å²) in [5.74, 6) is 0.441. The number of hydrogen-bond donors (Lipinski definition) is 0. The summed E-state index contributed by atoms with van der Waals surface area (Å²) < 4.78 is 37.8. The van der Waals surface area contributed by atoms with E-state index in [-0.39, 0.29) is 11.5 Å². The SMILES string of the molecule is N#Cc1ccc(N2CCN(C(=O)c3ccc(C(F)(F)F)cc3)CC2)nc1. The molecule has 0 spiro atoms. The number of carbonyl (C=O) groups excluding carboxylic acids is 1. The van der Waals surface area contributed by atoms with Gasteiger partial charge in [0.05, 0.1) is 11.1 Å². The molecule has 8 heteroatoms. The summed E-state index contributed by atoms with van der Waals surface area (Å²) in [6, 6.07) is 9.70. The van der Waals surface area contributed by atoms with E-state index in [0.29, 0.717) is 31.7 Å². The number of halogens is 3. The Hall–Kier alpha value is -3.08. The van der Waals surface area contributed by atoms with Gasteiger partial charge in [0.2, 0.25) is 0 Å². The fourth-order valence-corrected chi connectivity index (χ4v) is 2.76. The molecule has 1 aromatic carbocycles. The second-order valence-electron chi connectivity index (χ2n) is 5.87. The predicted octanol–water partition coefficient (Wildman–Crippen LogP) is 2.93. The lowest BCUT2D eigenvalue weighted by Crippen LogP contribution is -2.49. The van der Waals surface area contributed by atoms with E-state index in [2.05, 4.69) is 4.98 Å². The van der Waals surface area contributed by atoms with Crippen LogP contribution < -0.4 is 4.90 Å². The van der Waals surface area contributed by atoms with Crippen LogP contribution in [0, 0.1) is 11.3 Å². The van der Waals surface area contributed by atoms with Gasteiger partial charge in [-0.3, -0.25) is 4.79 Å². The zero-order chi connectivity index (χ0) is 18.7. The molecule has 1 aliphatic rings. The molecule has 3 rings (SSSR count). The zero-order valence-corrected chi connectivity index (χ0v) is 13.7. The van der Waals surface area contributed by atoms with Crippen molar-refractivity contribution in [3.8, 4) is 6.07 Å². The third-order valence-electron chi connectivity index (χ3n) is 4.23. The summed E-state index contributed by atoms with van der Waals surface area (Å²) in [6.07, 6.45) is -2.92. The number of alkyl halides is 3. The maximum absolute atomic E-state index is 12.6. The number of nitriles is 1. The van der Waals surface area contributed by atoms with Crippen molar-refractivity contribution in [2.45, 2.75) is 6.18 Å². The second kappa shape index (κ2) is 7.04. The number of anilines is 1. The fourth-order valence-electron chi connectivity index (χ4n) is 2.76. The van der Waals surface area contributed by atoms with Crippen LogP contribution in [0.3, 0.4) is 0 Å². The fraction of sp³-hybridized carbons (Fsp3) is 0.278. The van der Waals surface area contributed by atoms with Crippen molar-refractivity contribution >= 4 is 11.7 Å². The molecule has 1 aromatic heterocycles. The lowest BCUT2D eigenvalue weighted by Gasteiger charge is -2.35. The summed E-state index contributed by atoms with van der Waals surface area (Å²) >= 11 is 0. The van der Waals surface area contributed by atoms with Crippen molar-refractivity contribution in [3.63, 3.8) is 0 Å². The molecular weight excluding hydrogens is 345 g/mol. The van der Waals surface area contributed by atoms with Gasteiger partial charge in [0.15, 0.2) is 0 Å². The van der Waals surface area contributed by atoms with E-state index >= 15 is 0 Å². The first-order valence-corrected chi connectivity index (χ1v) is 7.96. The largest absolute Gasteiger partial charge is 0.416 e. The van der Waals surface area contributed by atoms with Crippen molar-refractivity contribution < 1.29 is 18.0 Å². The van der Waals surface area contributed by atoms with Crippen molar-refractivity contribution in [1.82, 2.24) is 9.88 Å². The van der Waals surface area contributed by atoms with E-state index in [0.717, 1.165) is 18.0 Å². The zero-order valence-electron chi connectivity index (χ0n) is 13.7. The first-order chi connectivity index (χ1) is 12.4. The minimum Gasteiger partial charge on any atom is -0.353 e. The van der Waals surface area contributed by atoms with Crippen LogP contribution in [0.2, 0.25) is 0 Å². The molecule has 0 N–H and O–H groups in total. The maximum Gasteiger partial charge on any atom is 0.416 e. The number of benzene rings is 1. The topological polar surface area (TPSA) is 60.2 Å². The molecule has 26 heavy (non-hydrogen) atoms. The number of rotatable bonds is 2. The molecular formula is C18H15F3N4O. The number of nitrogens with zero attached hydrogens (tertiary/aromatic N) is 4. The van der Waals surface area contributed by atoms with Gasteiger partial charge in [0.1, 0.15) is 11.9 Å². The van der Waals surface area contributed by atoms with Crippen molar-refractivity contribution in [1.29, 1.82) is 5.26 Å². The number of amides is 1. The van der Waals surface area contributed by atoms with Crippen LogP contribution in [-0.4, -0.2) is 42.0 Å². The molecule has 134 valence electrons. The monoisotopic (exact) mass is 360 g/mol. The number of aromatic nitrogens is 1. The molecule has 0 aliphatic carbocycles. The lowest BCUT2D eigenvalue weighted by molar-refractivity contribution is -0.137. The maximum atomic E-state index is 12.6. The van der Waals surface area contributed by atoms with E-state index in [1.807, 2.05) is 11.0 Å². The van der Waals surface area contributed by atoms with Crippen molar-refractivity contribution in [2.24, 2.45) is 0 Å². The van der Waals surface area contributed by atoms with Gasteiger partial charge in [0, 0.05) is 37.9 Å². The standard InChI is InChI=1S/C18H15F3N4O/c19-18(20,21)15-4-2-14(3-5-15)17(26)25-9-7-24(8-10-25)16-6-1-13(11-22)12-23-16/h1-6,12H,7-10H2. The molecule has 0 atom stereocenters. The molecule has 0 radical (unpaired) electrons. The van der Waals surface area contributed by atoms with Gasteiger partial charge in [0.25, 0.3) is 5.91 Å². The van der Waals surface area contributed by atoms with Crippen LogP contribution in [0.25, 0.3) is 0 Å². The Bertz CT molecular complexity index is 818. The van der Waals surface area contributed by atoms with Crippen molar-refractivity contribution in [2.75, 3.05) is 31.1 Å². The van der Waals surface area contributed by atoms with E-state index in [4.69, 9.17) is 5.26 Å². The highest BCUT2D eigenvalue weighted by molar-refractivity contribution is 5.94. The van der Waals surface area contributed by atoms with Gasteiger partial charge in [-0.05, 0) is 36.4 Å². The molecule has 1 fully saturated rings. The average Bonchev–Trinajstić information content (AvgIpc) is 2.67. The summed E-state index contributed by atoms with van der Waals surface area (Å²) in [4.78, 5) is 20.3.